The molecule has 2 aromatic rings. The maximum absolute atomic E-state index is 12.4. The molecule has 0 saturated heterocycles. The van der Waals surface area contributed by atoms with Gasteiger partial charge in [-0.05, 0) is 19.1 Å². The van der Waals surface area contributed by atoms with Crippen LogP contribution in [0.2, 0.25) is 0 Å². The first-order valence-electron chi connectivity index (χ1n) is 6.23. The Balaban J connectivity index is 2.14. The van der Waals surface area contributed by atoms with Gasteiger partial charge in [0.2, 0.25) is 5.95 Å². The number of ether oxygens (including phenoxy) is 1. The minimum Gasteiger partial charge on any atom is -0.383 e. The second-order valence-corrected chi connectivity index (χ2v) is 4.45. The molecule has 8 heteroatoms. The van der Waals surface area contributed by atoms with Gasteiger partial charge in [0.15, 0.2) is 0 Å². The molecule has 2 rings (SSSR count). The second-order valence-electron chi connectivity index (χ2n) is 4.45. The summed E-state index contributed by atoms with van der Waals surface area (Å²) in [5.41, 5.74) is 0.313. The molecule has 2 aromatic heterocycles. The summed E-state index contributed by atoms with van der Waals surface area (Å²) >= 11 is 0. The van der Waals surface area contributed by atoms with Gasteiger partial charge in [-0.15, -0.1) is 0 Å². The van der Waals surface area contributed by atoms with Gasteiger partial charge >= 0.3 is 6.18 Å². The highest BCUT2D eigenvalue weighted by atomic mass is 19.4. The van der Waals surface area contributed by atoms with Crippen LogP contribution in [0.25, 0.3) is 0 Å². The highest BCUT2D eigenvalue weighted by Crippen LogP contribution is 2.28. The lowest BCUT2D eigenvalue weighted by atomic mass is 10.3. The van der Waals surface area contributed by atoms with Crippen molar-refractivity contribution in [1.29, 1.82) is 0 Å². The molecule has 0 saturated carbocycles. The number of halogens is 3. The Labute approximate surface area is 119 Å². The van der Waals surface area contributed by atoms with Crippen molar-refractivity contribution in [2.24, 2.45) is 0 Å². The molecule has 0 amide bonds. The highest BCUT2D eigenvalue weighted by Gasteiger charge is 2.32. The van der Waals surface area contributed by atoms with Crippen LogP contribution in [0.5, 0.6) is 0 Å². The lowest BCUT2D eigenvalue weighted by Crippen LogP contribution is -2.09. The number of anilines is 2. The number of hydrogen-bond donors (Lipinski definition) is 1. The van der Waals surface area contributed by atoms with Gasteiger partial charge in [0, 0.05) is 19.9 Å². The third-order valence-corrected chi connectivity index (χ3v) is 2.74. The third kappa shape index (κ3) is 3.94. The van der Waals surface area contributed by atoms with Crippen LogP contribution in [0, 0.1) is 6.92 Å². The van der Waals surface area contributed by atoms with Gasteiger partial charge in [0.25, 0.3) is 0 Å². The second kappa shape index (κ2) is 6.13. The first-order valence-corrected chi connectivity index (χ1v) is 6.23. The average Bonchev–Trinajstić information content (AvgIpc) is 2.76. The van der Waals surface area contributed by atoms with Crippen molar-refractivity contribution in [2.45, 2.75) is 19.6 Å². The quantitative estimate of drug-likeness (QED) is 0.922. The maximum atomic E-state index is 12.4. The minimum absolute atomic E-state index is 0.437. The molecule has 0 spiro atoms. The molecule has 0 atom stereocenters. The molecule has 0 unspecified atom stereocenters. The summed E-state index contributed by atoms with van der Waals surface area (Å²) in [4.78, 5) is 7.67. The van der Waals surface area contributed by atoms with E-state index in [9.17, 15) is 13.2 Å². The van der Waals surface area contributed by atoms with Crippen LogP contribution in [0.1, 0.15) is 11.4 Å². The number of rotatable bonds is 5. The highest BCUT2D eigenvalue weighted by molar-refractivity contribution is 5.52. The van der Waals surface area contributed by atoms with Crippen molar-refractivity contribution in [3.63, 3.8) is 0 Å². The van der Waals surface area contributed by atoms with Crippen molar-refractivity contribution < 1.29 is 17.9 Å². The molecule has 0 aromatic carbocycles. The lowest BCUT2D eigenvalue weighted by Gasteiger charge is -2.10. The van der Waals surface area contributed by atoms with Crippen molar-refractivity contribution >= 4 is 11.6 Å². The number of aromatic nitrogens is 3. The fourth-order valence-electron chi connectivity index (χ4n) is 1.77. The van der Waals surface area contributed by atoms with E-state index in [2.05, 4.69) is 15.3 Å². The van der Waals surface area contributed by atoms with Gasteiger partial charge in [-0.2, -0.15) is 13.2 Å². The predicted octanol–water partition coefficient (Wildman–Crippen LogP) is 3.00. The van der Waals surface area contributed by atoms with Crippen LogP contribution < -0.4 is 5.32 Å². The first kappa shape index (κ1) is 15.3. The van der Waals surface area contributed by atoms with Crippen molar-refractivity contribution in [3.8, 4) is 0 Å². The molecule has 2 heterocycles. The summed E-state index contributed by atoms with van der Waals surface area (Å²) in [6.45, 7) is 2.93. The first-order chi connectivity index (χ1) is 9.90. The van der Waals surface area contributed by atoms with Crippen molar-refractivity contribution in [3.05, 3.63) is 35.9 Å². The molecule has 0 aliphatic rings. The van der Waals surface area contributed by atoms with Gasteiger partial charge in [-0.25, -0.2) is 9.97 Å². The standard InChI is InChI=1S/C13H15F3N4O/c1-9-8-20(5-6-21-2)12(18-9)19-10-3-4-11(17-7-10)13(14,15)16/h3-4,7-8H,5-6H2,1-2H3,(H,18,19). The number of imidazole rings is 1. The molecular formula is C13H15F3N4O. The Morgan fingerprint density at radius 1 is 1.33 bits per heavy atom. The zero-order valence-electron chi connectivity index (χ0n) is 11.6. The molecule has 0 aliphatic heterocycles. The van der Waals surface area contributed by atoms with Crippen LogP contribution in [-0.2, 0) is 17.5 Å². The zero-order chi connectivity index (χ0) is 15.5. The number of nitrogens with zero attached hydrogens (tertiary/aromatic N) is 3. The smallest absolute Gasteiger partial charge is 0.383 e. The van der Waals surface area contributed by atoms with Crippen molar-refractivity contribution in [2.75, 3.05) is 19.0 Å². The molecule has 0 fully saturated rings. The third-order valence-electron chi connectivity index (χ3n) is 2.74. The average molecular weight is 300 g/mol. The number of hydrogen-bond acceptors (Lipinski definition) is 4. The van der Waals surface area contributed by atoms with Crippen LogP contribution in [0.4, 0.5) is 24.8 Å². The fraction of sp³-hybridized carbons (Fsp3) is 0.385. The minimum atomic E-state index is -4.44. The van der Waals surface area contributed by atoms with Crippen LogP contribution in [0.15, 0.2) is 24.5 Å². The zero-order valence-corrected chi connectivity index (χ0v) is 11.6. The van der Waals surface area contributed by atoms with Gasteiger partial charge in [0.1, 0.15) is 5.69 Å². The Kier molecular flexibility index (Phi) is 4.46. The molecule has 1 N–H and O–H groups in total. The van der Waals surface area contributed by atoms with E-state index in [4.69, 9.17) is 4.74 Å². The van der Waals surface area contributed by atoms with Crippen LogP contribution in [-0.4, -0.2) is 28.3 Å². The van der Waals surface area contributed by atoms with Gasteiger partial charge in [-0.3, -0.25) is 0 Å². The Morgan fingerprint density at radius 3 is 2.67 bits per heavy atom. The largest absolute Gasteiger partial charge is 0.433 e. The van der Waals surface area contributed by atoms with E-state index in [-0.39, 0.29) is 0 Å². The molecular weight excluding hydrogens is 285 g/mol. The molecule has 0 radical (unpaired) electrons. The summed E-state index contributed by atoms with van der Waals surface area (Å²) in [6.07, 6.45) is -1.47. The number of nitrogens with one attached hydrogen (secondary N) is 1. The number of alkyl halides is 3. The van der Waals surface area contributed by atoms with E-state index < -0.39 is 11.9 Å². The molecule has 114 valence electrons. The van der Waals surface area contributed by atoms with Gasteiger partial charge < -0.3 is 14.6 Å². The van der Waals surface area contributed by atoms with E-state index in [1.165, 1.54) is 6.07 Å². The summed E-state index contributed by atoms with van der Waals surface area (Å²) in [7, 11) is 1.59. The topological polar surface area (TPSA) is 52.0 Å². The lowest BCUT2D eigenvalue weighted by molar-refractivity contribution is -0.141. The monoisotopic (exact) mass is 300 g/mol. The summed E-state index contributed by atoms with van der Waals surface area (Å²) in [5.74, 6) is 0.533. The van der Waals surface area contributed by atoms with Crippen molar-refractivity contribution in [1.82, 2.24) is 14.5 Å². The SMILES string of the molecule is COCCn1cc(C)nc1Nc1ccc(C(F)(F)F)nc1. The summed E-state index contributed by atoms with van der Waals surface area (Å²) in [5, 5.41) is 2.95. The molecule has 0 bridgehead atoms. The maximum Gasteiger partial charge on any atom is 0.433 e. The normalized spacial score (nSPS) is 11.7. The van der Waals surface area contributed by atoms with E-state index in [0.717, 1.165) is 18.0 Å². The Morgan fingerprint density at radius 2 is 2.10 bits per heavy atom. The predicted molar refractivity (Wildman–Crippen MR) is 71.4 cm³/mol. The number of pyridine rings is 1. The number of aryl methyl sites for hydroxylation is 1. The molecule has 5 nitrogen and oxygen atoms in total. The van der Waals surface area contributed by atoms with Gasteiger partial charge in [-0.1, -0.05) is 0 Å². The van der Waals surface area contributed by atoms with Crippen LogP contribution >= 0.6 is 0 Å². The molecule has 21 heavy (non-hydrogen) atoms. The van der Waals surface area contributed by atoms with E-state index in [1.807, 2.05) is 17.7 Å². The van der Waals surface area contributed by atoms with Crippen LogP contribution in [0.3, 0.4) is 0 Å². The summed E-state index contributed by atoms with van der Waals surface area (Å²) in [6, 6.07) is 2.25. The number of methoxy groups -OCH3 is 1. The van der Waals surface area contributed by atoms with E-state index >= 15 is 0 Å². The summed E-state index contributed by atoms with van der Waals surface area (Å²) < 4.78 is 44.1. The Hall–Kier alpha value is -2.09. The van der Waals surface area contributed by atoms with E-state index in [1.54, 1.807) is 7.11 Å². The van der Waals surface area contributed by atoms with E-state index in [0.29, 0.717) is 24.8 Å². The van der Waals surface area contributed by atoms with Gasteiger partial charge in [0.05, 0.1) is 24.2 Å². The molecule has 0 aliphatic carbocycles. The Bertz CT molecular complexity index is 592. The fourth-order valence-corrected chi connectivity index (χ4v) is 1.77.